The zero-order valence-electron chi connectivity index (χ0n) is 34.0. The molecule has 2 atom stereocenters. The topological polar surface area (TPSA) is 135 Å². The number of alkyl carbamates (subject to hydrolysis) is 1. The number of ether oxygens (including phenoxy) is 3. The molecule has 296 valence electrons. The molecule has 12 nitrogen and oxygen atoms in total. The summed E-state index contributed by atoms with van der Waals surface area (Å²) in [6.07, 6.45) is 3.39. The van der Waals surface area contributed by atoms with Gasteiger partial charge in [0.25, 0.3) is 5.91 Å². The van der Waals surface area contributed by atoms with Crippen molar-refractivity contribution in [3.8, 4) is 22.8 Å². The molecule has 0 unspecified atom stereocenters. The first-order valence-electron chi connectivity index (χ1n) is 19.4. The highest BCUT2D eigenvalue weighted by Gasteiger charge is 2.30. The number of imidazole rings is 1. The maximum absolute atomic E-state index is 13.8. The summed E-state index contributed by atoms with van der Waals surface area (Å²) in [4.78, 5) is 31.3. The lowest BCUT2D eigenvalue weighted by atomic mass is 10.1. The monoisotopic (exact) mass is 786 g/mol. The highest BCUT2D eigenvalue weighted by molar-refractivity contribution is 6.76. The van der Waals surface area contributed by atoms with E-state index in [-0.39, 0.29) is 24.7 Å². The zero-order chi connectivity index (χ0) is 39.5. The Labute approximate surface area is 326 Å². The van der Waals surface area contributed by atoms with Gasteiger partial charge < -0.3 is 29.3 Å². The van der Waals surface area contributed by atoms with Gasteiger partial charge in [-0.1, -0.05) is 39.3 Å². The van der Waals surface area contributed by atoms with Gasteiger partial charge in [-0.05, 0) is 101 Å². The number of carbonyl (C=O) groups excluding carboxylic acids is 2. The van der Waals surface area contributed by atoms with Gasteiger partial charge in [0.2, 0.25) is 0 Å². The Morgan fingerprint density at radius 2 is 1.56 bits per heavy atom. The first kappa shape index (κ1) is 40.4. The number of fused-ring (bicyclic) bond motifs is 2. The number of hydrogen-bond donors (Lipinski definition) is 2. The molecule has 1 fully saturated rings. The third kappa shape index (κ3) is 10.7. The maximum Gasteiger partial charge on any atom is 0.407 e. The van der Waals surface area contributed by atoms with E-state index in [4.69, 9.17) is 28.7 Å². The Bertz CT molecular complexity index is 2110. The van der Waals surface area contributed by atoms with Gasteiger partial charge in [0.1, 0.15) is 30.5 Å². The molecule has 0 radical (unpaired) electrons. The van der Waals surface area contributed by atoms with Crippen molar-refractivity contribution in [2.24, 2.45) is 0 Å². The summed E-state index contributed by atoms with van der Waals surface area (Å²) in [5.74, 6) is 1.24. The molecule has 3 heterocycles. The van der Waals surface area contributed by atoms with Crippen LogP contribution in [0.25, 0.3) is 44.8 Å². The summed E-state index contributed by atoms with van der Waals surface area (Å²) >= 11 is 0. The second kappa shape index (κ2) is 16.5. The van der Waals surface area contributed by atoms with E-state index in [1.54, 1.807) is 6.26 Å². The zero-order valence-corrected chi connectivity index (χ0v) is 36.0. The fourth-order valence-electron chi connectivity index (χ4n) is 6.66. The predicted molar refractivity (Wildman–Crippen MR) is 223 cm³/mol. The van der Waals surface area contributed by atoms with E-state index < -0.39 is 27.8 Å². The number of rotatable bonds is 15. The standard InChI is InChI=1S/C41H58N6O6Si2/c1-41(2,3)53-40(49)43-31-15-14-30(25-31)42-39(48)29-13-17-34-32(23-29)37(45-47(34)27-51-20-22-55(7,8)9)38-44-33-16-12-28(36-11-10-18-52-36)24-35(33)46(38)26-50-19-21-54(4,5)6/h10-13,16-18,23-24,30-31H,14-15,19-22,25-27H2,1-9H3,(H,42,48)(H,43,49)/t30-,31-/m0/s1. The van der Waals surface area contributed by atoms with Crippen molar-refractivity contribution in [1.29, 1.82) is 0 Å². The van der Waals surface area contributed by atoms with Crippen LogP contribution in [0.15, 0.2) is 59.2 Å². The maximum atomic E-state index is 13.8. The lowest BCUT2D eigenvalue weighted by molar-refractivity contribution is 0.0505. The average molecular weight is 787 g/mol. The minimum Gasteiger partial charge on any atom is -0.464 e. The van der Waals surface area contributed by atoms with Gasteiger partial charge in [0.15, 0.2) is 5.82 Å². The van der Waals surface area contributed by atoms with Gasteiger partial charge in [-0.15, -0.1) is 0 Å². The van der Waals surface area contributed by atoms with E-state index in [0.717, 1.165) is 58.2 Å². The van der Waals surface area contributed by atoms with E-state index in [1.165, 1.54) is 0 Å². The number of benzene rings is 2. The van der Waals surface area contributed by atoms with E-state index in [1.807, 2.05) is 67.9 Å². The van der Waals surface area contributed by atoms with Gasteiger partial charge in [-0.25, -0.2) is 14.5 Å². The molecule has 1 saturated carbocycles. The van der Waals surface area contributed by atoms with Crippen LogP contribution < -0.4 is 10.6 Å². The van der Waals surface area contributed by atoms with Crippen LogP contribution in [-0.2, 0) is 27.7 Å². The van der Waals surface area contributed by atoms with Crippen LogP contribution in [0.2, 0.25) is 51.4 Å². The molecule has 1 aliphatic rings. The minimum absolute atomic E-state index is 0.0670. The van der Waals surface area contributed by atoms with Gasteiger partial charge >= 0.3 is 6.09 Å². The van der Waals surface area contributed by atoms with Crippen LogP contribution in [0.3, 0.4) is 0 Å². The molecule has 1 aliphatic carbocycles. The molecule has 3 aromatic heterocycles. The summed E-state index contributed by atoms with van der Waals surface area (Å²) < 4.78 is 27.7. The lowest BCUT2D eigenvalue weighted by Crippen LogP contribution is -2.39. The van der Waals surface area contributed by atoms with Crippen LogP contribution in [0, 0.1) is 0 Å². The normalized spacial score (nSPS) is 16.6. The number of nitrogens with one attached hydrogen (secondary N) is 2. The summed E-state index contributed by atoms with van der Waals surface area (Å²) in [7, 11) is -2.61. The van der Waals surface area contributed by atoms with Crippen LogP contribution in [-0.4, -0.2) is 78.4 Å². The number of aromatic nitrogens is 4. The molecule has 2 N–H and O–H groups in total. The summed E-state index contributed by atoms with van der Waals surface area (Å²) in [6, 6.07) is 17.5. The van der Waals surface area contributed by atoms with Crippen molar-refractivity contribution < 1.29 is 28.2 Å². The molecule has 55 heavy (non-hydrogen) atoms. The smallest absolute Gasteiger partial charge is 0.407 e. The highest BCUT2D eigenvalue weighted by atomic mass is 28.3. The van der Waals surface area contributed by atoms with Crippen LogP contribution in [0.1, 0.15) is 50.4 Å². The van der Waals surface area contributed by atoms with E-state index >= 15 is 0 Å². The largest absolute Gasteiger partial charge is 0.464 e. The Balaban J connectivity index is 1.33. The number of hydrogen-bond acceptors (Lipinski definition) is 8. The third-order valence-electron chi connectivity index (χ3n) is 9.69. The van der Waals surface area contributed by atoms with Crippen molar-refractivity contribution in [2.75, 3.05) is 13.2 Å². The fraction of sp³-hybridized carbons (Fsp3) is 0.512. The van der Waals surface area contributed by atoms with Gasteiger partial charge in [-0.2, -0.15) is 5.10 Å². The first-order valence-corrected chi connectivity index (χ1v) is 26.8. The number of furan rings is 1. The van der Waals surface area contributed by atoms with Crippen molar-refractivity contribution in [3.05, 3.63) is 60.4 Å². The van der Waals surface area contributed by atoms with Crippen molar-refractivity contribution in [2.45, 2.75) is 123 Å². The van der Waals surface area contributed by atoms with E-state index in [9.17, 15) is 9.59 Å². The Hall–Kier alpha value is -4.25. The predicted octanol–water partition coefficient (Wildman–Crippen LogP) is 9.11. The molecule has 0 spiro atoms. The fourth-order valence-corrected chi connectivity index (χ4v) is 8.18. The molecule has 0 bridgehead atoms. The quantitative estimate of drug-likeness (QED) is 0.0793. The molecular weight excluding hydrogens is 729 g/mol. The van der Waals surface area contributed by atoms with Gasteiger partial charge in [-0.3, -0.25) is 9.36 Å². The Kier molecular flexibility index (Phi) is 12.1. The Morgan fingerprint density at radius 1 is 0.873 bits per heavy atom. The number of carbonyl (C=O) groups is 2. The van der Waals surface area contributed by atoms with Crippen molar-refractivity contribution in [1.82, 2.24) is 30.0 Å². The van der Waals surface area contributed by atoms with Crippen molar-refractivity contribution in [3.63, 3.8) is 0 Å². The molecule has 6 rings (SSSR count). The summed E-state index contributed by atoms with van der Waals surface area (Å²) in [5.41, 5.74) is 4.07. The second-order valence-corrected chi connectivity index (χ2v) is 29.4. The van der Waals surface area contributed by atoms with Gasteiger partial charge in [0.05, 0.1) is 22.8 Å². The Morgan fingerprint density at radius 3 is 2.22 bits per heavy atom. The van der Waals surface area contributed by atoms with E-state index in [0.29, 0.717) is 43.4 Å². The van der Waals surface area contributed by atoms with Crippen LogP contribution in [0.5, 0.6) is 0 Å². The molecule has 2 amide bonds. The average Bonchev–Trinajstić information content (AvgIpc) is 3.90. The van der Waals surface area contributed by atoms with Gasteiger partial charge in [0, 0.05) is 58.0 Å². The number of amides is 2. The minimum atomic E-state index is -1.32. The number of nitrogens with zero attached hydrogens (tertiary/aromatic N) is 4. The molecule has 0 saturated heterocycles. The molecule has 14 heteroatoms. The molecule has 2 aromatic carbocycles. The first-order chi connectivity index (χ1) is 25.9. The summed E-state index contributed by atoms with van der Waals surface area (Å²) in [6.45, 7) is 21.4. The third-order valence-corrected chi connectivity index (χ3v) is 13.1. The van der Waals surface area contributed by atoms with Crippen LogP contribution >= 0.6 is 0 Å². The lowest BCUT2D eigenvalue weighted by Gasteiger charge is -2.21. The van der Waals surface area contributed by atoms with Crippen molar-refractivity contribution >= 4 is 50.1 Å². The van der Waals surface area contributed by atoms with E-state index in [2.05, 4.69) is 60.5 Å². The highest BCUT2D eigenvalue weighted by Crippen LogP contribution is 2.34. The summed E-state index contributed by atoms with van der Waals surface area (Å²) in [5, 5.41) is 12.1. The molecule has 0 aliphatic heterocycles. The SMILES string of the molecule is CC(C)(C)OC(=O)N[C@H]1CC[C@H](NC(=O)c2ccc3c(c2)c(-c2nc4ccc(-c5ccco5)cc4n2COCC[Si](C)(C)C)nn3COCC[Si](C)(C)C)C1. The molecule has 5 aromatic rings. The second-order valence-electron chi connectivity index (χ2n) is 18.1. The van der Waals surface area contributed by atoms with Crippen LogP contribution in [0.4, 0.5) is 4.79 Å². The molecular formula is C41H58N6O6Si2.